The van der Waals surface area contributed by atoms with Gasteiger partial charge in [-0.1, -0.05) is 45.0 Å². The lowest BCUT2D eigenvalue weighted by Gasteiger charge is -2.52. The molecule has 6 nitrogen and oxygen atoms in total. The normalized spacial score (nSPS) is 28.9. The topological polar surface area (TPSA) is 118 Å². The van der Waals surface area contributed by atoms with Crippen molar-refractivity contribution in [1.29, 1.82) is 15.8 Å². The second-order valence-electron chi connectivity index (χ2n) is 9.81. The van der Waals surface area contributed by atoms with E-state index < -0.39 is 16.7 Å². The first-order chi connectivity index (χ1) is 14.6. The molecule has 2 N–H and O–H groups in total. The van der Waals surface area contributed by atoms with Crippen molar-refractivity contribution in [2.45, 2.75) is 39.0 Å². The molecule has 0 aromatic heterocycles. The molecule has 0 unspecified atom stereocenters. The van der Waals surface area contributed by atoms with E-state index in [0.29, 0.717) is 23.2 Å². The van der Waals surface area contributed by atoms with Crippen LogP contribution in [0.15, 0.2) is 47.2 Å². The van der Waals surface area contributed by atoms with Gasteiger partial charge in [-0.15, -0.1) is 0 Å². The predicted octanol–water partition coefficient (Wildman–Crippen LogP) is 3.68. The van der Waals surface area contributed by atoms with E-state index in [9.17, 15) is 20.6 Å². The predicted molar refractivity (Wildman–Crippen MR) is 116 cm³/mol. The molecule has 0 saturated heterocycles. The number of anilines is 1. The largest absolute Gasteiger partial charge is 0.399 e. The summed E-state index contributed by atoms with van der Waals surface area (Å²) in [6, 6.07) is 13.7. The smallest absolute Gasteiger partial charge is 0.241 e. The Balaban J connectivity index is 2.17. The van der Waals surface area contributed by atoms with Gasteiger partial charge in [0.05, 0.1) is 23.4 Å². The molecule has 1 aromatic rings. The number of carbonyl (C=O) groups excluding carboxylic acids is 1. The summed E-state index contributed by atoms with van der Waals surface area (Å²) in [4.78, 5) is 15.6. The summed E-state index contributed by atoms with van der Waals surface area (Å²) in [6.07, 6.45) is 3.35. The molecule has 0 bridgehead atoms. The van der Waals surface area contributed by atoms with E-state index in [4.69, 9.17) is 5.73 Å². The maximum absolute atomic E-state index is 14.1. The minimum atomic E-state index is -1.97. The first-order valence-electron chi connectivity index (χ1n) is 10.4. The number of likely N-dealkylation sites (N-methyl/N-ethyl adjacent to an activating group) is 1. The number of para-hydroxylation sites is 1. The van der Waals surface area contributed by atoms with Crippen molar-refractivity contribution in [1.82, 2.24) is 0 Å². The number of hydrogen-bond acceptors (Lipinski definition) is 5. The zero-order valence-electron chi connectivity index (χ0n) is 18.2. The number of nitrogens with zero attached hydrogens (tertiary/aromatic N) is 4. The molecule has 1 spiro atoms. The summed E-state index contributed by atoms with van der Waals surface area (Å²) in [5, 5.41) is 30.8. The lowest BCUT2D eigenvalue weighted by atomic mass is 9.46. The van der Waals surface area contributed by atoms with Gasteiger partial charge in [0, 0.05) is 18.7 Å². The van der Waals surface area contributed by atoms with Crippen LogP contribution in [-0.4, -0.2) is 13.0 Å². The number of amides is 1. The zero-order valence-corrected chi connectivity index (χ0v) is 18.2. The number of nitriles is 3. The van der Waals surface area contributed by atoms with E-state index in [2.05, 4.69) is 39.0 Å². The fraction of sp³-hybridized carbons (Fsp3) is 0.440. The van der Waals surface area contributed by atoms with Gasteiger partial charge in [0.25, 0.3) is 0 Å². The highest BCUT2D eigenvalue weighted by Gasteiger charge is 2.72. The molecule has 1 heterocycles. The number of fused-ring (bicyclic) bond motifs is 4. The molecule has 3 aliphatic rings. The summed E-state index contributed by atoms with van der Waals surface area (Å²) in [6.45, 7) is 6.46. The van der Waals surface area contributed by atoms with E-state index >= 15 is 0 Å². The third kappa shape index (κ3) is 2.27. The Morgan fingerprint density at radius 2 is 1.81 bits per heavy atom. The molecular formula is C25H25N5O. The average Bonchev–Trinajstić information content (AvgIpc) is 2.98. The number of benzene rings is 1. The van der Waals surface area contributed by atoms with Gasteiger partial charge in [-0.25, -0.2) is 0 Å². The van der Waals surface area contributed by atoms with E-state index in [0.717, 1.165) is 6.42 Å². The Morgan fingerprint density at radius 1 is 1.16 bits per heavy atom. The van der Waals surface area contributed by atoms with Crippen molar-refractivity contribution in [3.8, 4) is 18.2 Å². The van der Waals surface area contributed by atoms with E-state index in [1.54, 1.807) is 7.05 Å². The monoisotopic (exact) mass is 411 g/mol. The fourth-order valence-electron chi connectivity index (χ4n) is 5.86. The summed E-state index contributed by atoms with van der Waals surface area (Å²) >= 11 is 0. The van der Waals surface area contributed by atoms with E-state index in [1.165, 1.54) is 4.90 Å². The number of allylic oxidation sites excluding steroid dienone is 4. The molecule has 31 heavy (non-hydrogen) atoms. The Hall–Kier alpha value is -3.56. The Labute approximate surface area is 182 Å². The minimum absolute atomic E-state index is 0.0439. The highest BCUT2D eigenvalue weighted by Crippen LogP contribution is 2.65. The summed E-state index contributed by atoms with van der Waals surface area (Å²) in [5.74, 6) is -0.592. The van der Waals surface area contributed by atoms with Gasteiger partial charge >= 0.3 is 0 Å². The molecule has 4 rings (SSSR count). The number of carbonyl (C=O) groups is 1. The van der Waals surface area contributed by atoms with Crippen LogP contribution in [0.1, 0.15) is 39.2 Å². The molecule has 0 saturated carbocycles. The van der Waals surface area contributed by atoms with Gasteiger partial charge in [-0.05, 0) is 41.4 Å². The molecule has 156 valence electrons. The fourth-order valence-corrected chi connectivity index (χ4v) is 5.86. The molecule has 0 radical (unpaired) electrons. The molecule has 6 heteroatoms. The maximum Gasteiger partial charge on any atom is 0.241 e. The molecule has 3 atom stereocenters. The first kappa shape index (κ1) is 20.7. The number of hydrogen-bond donors (Lipinski definition) is 1. The summed E-state index contributed by atoms with van der Waals surface area (Å²) in [5.41, 5.74) is 4.98. The standard InChI is InChI=1S/C25H25N5O/c1-23(2,3)15-9-10-16-17(12-26)21(29)24(13-27,14-28)25(19(16)11-15)18-7-5-6-8-20(18)30(4)22(25)31/h5-8,10,15,19H,9,11,29H2,1-4H3/t15-,19+,25+/m0/s1. The Morgan fingerprint density at radius 3 is 2.39 bits per heavy atom. The van der Waals surface area contributed by atoms with E-state index in [1.807, 2.05) is 30.3 Å². The SMILES string of the molecule is CN1C(=O)[C@@]2(c3ccccc31)[C@@H]1C[C@@H](C(C)(C)C)CC=C1C(C#N)=C(N)C2(C#N)C#N. The number of rotatable bonds is 0. The molecule has 0 fully saturated rings. The molecule has 2 aliphatic carbocycles. The van der Waals surface area contributed by atoms with Crippen molar-refractivity contribution in [3.05, 3.63) is 52.7 Å². The van der Waals surface area contributed by atoms with Gasteiger partial charge < -0.3 is 10.6 Å². The van der Waals surface area contributed by atoms with Crippen LogP contribution in [-0.2, 0) is 10.2 Å². The highest BCUT2D eigenvalue weighted by molar-refractivity contribution is 6.10. The Kier molecular flexibility index (Phi) is 4.32. The number of nitrogens with two attached hydrogens (primary N) is 1. The second-order valence-corrected chi connectivity index (χ2v) is 9.81. The third-order valence-corrected chi connectivity index (χ3v) is 7.60. The molecule has 1 aromatic carbocycles. The molecular weight excluding hydrogens is 386 g/mol. The van der Waals surface area contributed by atoms with Crippen LogP contribution in [0.2, 0.25) is 0 Å². The van der Waals surface area contributed by atoms with Gasteiger partial charge in [0.1, 0.15) is 11.5 Å². The Bertz CT molecular complexity index is 1170. The first-order valence-corrected chi connectivity index (χ1v) is 10.4. The van der Waals surface area contributed by atoms with Crippen molar-refractivity contribution in [2.24, 2.45) is 28.4 Å². The lowest BCUT2D eigenvalue weighted by molar-refractivity contribution is -0.127. The summed E-state index contributed by atoms with van der Waals surface area (Å²) < 4.78 is 0. The highest BCUT2D eigenvalue weighted by atomic mass is 16.2. The quantitative estimate of drug-likeness (QED) is 0.698. The zero-order chi connectivity index (χ0) is 22.8. The van der Waals surface area contributed by atoms with Crippen LogP contribution < -0.4 is 10.6 Å². The average molecular weight is 412 g/mol. The van der Waals surface area contributed by atoms with Gasteiger partial charge in [0.2, 0.25) is 11.3 Å². The van der Waals surface area contributed by atoms with Crippen molar-refractivity contribution < 1.29 is 4.79 Å². The van der Waals surface area contributed by atoms with Crippen LogP contribution in [0.5, 0.6) is 0 Å². The molecule has 1 amide bonds. The minimum Gasteiger partial charge on any atom is -0.399 e. The van der Waals surface area contributed by atoms with Gasteiger partial charge in [-0.2, -0.15) is 15.8 Å². The van der Waals surface area contributed by atoms with Crippen LogP contribution in [0, 0.1) is 56.7 Å². The van der Waals surface area contributed by atoms with Crippen LogP contribution in [0.3, 0.4) is 0 Å². The molecule has 1 aliphatic heterocycles. The van der Waals surface area contributed by atoms with Crippen molar-refractivity contribution in [2.75, 3.05) is 11.9 Å². The van der Waals surface area contributed by atoms with E-state index in [-0.39, 0.29) is 28.5 Å². The van der Waals surface area contributed by atoms with Crippen LogP contribution >= 0.6 is 0 Å². The third-order valence-electron chi connectivity index (χ3n) is 7.60. The second kappa shape index (κ2) is 6.47. The maximum atomic E-state index is 14.1. The summed E-state index contributed by atoms with van der Waals surface area (Å²) in [7, 11) is 1.67. The van der Waals surface area contributed by atoms with Gasteiger partial charge in [-0.3, -0.25) is 4.79 Å². The van der Waals surface area contributed by atoms with Crippen LogP contribution in [0.4, 0.5) is 5.69 Å². The van der Waals surface area contributed by atoms with Crippen molar-refractivity contribution in [3.63, 3.8) is 0 Å². The lowest BCUT2D eigenvalue weighted by Crippen LogP contribution is -2.61. The van der Waals surface area contributed by atoms with Gasteiger partial charge in [0.15, 0.2) is 0 Å². The van der Waals surface area contributed by atoms with Crippen LogP contribution in [0.25, 0.3) is 0 Å². The van der Waals surface area contributed by atoms with Crippen molar-refractivity contribution >= 4 is 11.6 Å².